The van der Waals surface area contributed by atoms with Gasteiger partial charge in [0.15, 0.2) is 0 Å². The molecule has 1 aliphatic rings. The third-order valence-electron chi connectivity index (χ3n) is 5.89. The van der Waals surface area contributed by atoms with Gasteiger partial charge in [0.25, 0.3) is 5.91 Å². The molecule has 0 unspecified atom stereocenters. The summed E-state index contributed by atoms with van der Waals surface area (Å²) in [5.74, 6) is 0.420. The second-order valence-corrected chi connectivity index (χ2v) is 9.25. The molecule has 2 aromatic heterocycles. The first-order valence-electron chi connectivity index (χ1n) is 11.1. The van der Waals surface area contributed by atoms with E-state index in [0.29, 0.717) is 42.6 Å². The normalized spacial score (nSPS) is 18.0. The molecule has 3 heterocycles. The van der Waals surface area contributed by atoms with Gasteiger partial charge in [-0.25, -0.2) is 5.10 Å². The Balaban J connectivity index is 1.24. The van der Waals surface area contributed by atoms with Gasteiger partial charge in [0.05, 0.1) is 18.2 Å². The van der Waals surface area contributed by atoms with E-state index in [4.69, 9.17) is 9.47 Å². The van der Waals surface area contributed by atoms with E-state index in [9.17, 15) is 9.59 Å². The topological polar surface area (TPSA) is 106 Å². The smallest absolute Gasteiger partial charge is 0.322 e. The highest BCUT2D eigenvalue weighted by Crippen LogP contribution is 2.27. The second-order valence-electron chi connectivity index (χ2n) is 8.25. The lowest BCUT2D eigenvalue weighted by atomic mass is 9.95. The Morgan fingerprint density at radius 1 is 1.24 bits per heavy atom. The van der Waals surface area contributed by atoms with E-state index in [0.717, 1.165) is 33.5 Å². The molecule has 2 atom stereocenters. The molecule has 0 aliphatic carbocycles. The van der Waals surface area contributed by atoms with Crippen molar-refractivity contribution in [3.63, 3.8) is 0 Å². The van der Waals surface area contributed by atoms with Crippen LogP contribution in [0.15, 0.2) is 59.4 Å². The summed E-state index contributed by atoms with van der Waals surface area (Å²) in [6.45, 7) is 3.33. The van der Waals surface area contributed by atoms with Crippen molar-refractivity contribution in [3.8, 4) is 5.75 Å². The number of carbonyl (C=O) groups excluding carboxylic acids is 1. The Labute approximate surface area is 200 Å². The minimum Gasteiger partial charge on any atom is -0.489 e. The van der Waals surface area contributed by atoms with Crippen LogP contribution in [-0.4, -0.2) is 40.3 Å². The summed E-state index contributed by atoms with van der Waals surface area (Å²) in [4.78, 5) is 28.7. The molecule has 0 saturated carbocycles. The zero-order chi connectivity index (χ0) is 23.5. The van der Waals surface area contributed by atoms with Crippen molar-refractivity contribution in [1.82, 2.24) is 20.5 Å². The van der Waals surface area contributed by atoms with Crippen molar-refractivity contribution in [1.29, 1.82) is 0 Å². The van der Waals surface area contributed by atoms with Crippen LogP contribution in [0, 0.1) is 6.92 Å². The summed E-state index contributed by atoms with van der Waals surface area (Å²) in [6, 6.07) is 16.8. The van der Waals surface area contributed by atoms with Crippen molar-refractivity contribution in [2.24, 2.45) is 0 Å². The lowest BCUT2D eigenvalue weighted by Crippen LogP contribution is -2.45. The lowest BCUT2D eigenvalue weighted by Gasteiger charge is -2.30. The molecule has 2 N–H and O–H groups in total. The molecule has 9 heteroatoms. The van der Waals surface area contributed by atoms with E-state index in [1.165, 1.54) is 0 Å². The highest BCUT2D eigenvalue weighted by atomic mass is 32.1. The van der Waals surface area contributed by atoms with Gasteiger partial charge in [-0.1, -0.05) is 29.5 Å². The van der Waals surface area contributed by atoms with E-state index >= 15 is 0 Å². The van der Waals surface area contributed by atoms with Crippen LogP contribution in [0.5, 0.6) is 5.75 Å². The van der Waals surface area contributed by atoms with Gasteiger partial charge in [-0.05, 0) is 49.7 Å². The fraction of sp³-hybridized carbons (Fsp3) is 0.280. The van der Waals surface area contributed by atoms with Gasteiger partial charge in [-0.2, -0.15) is 5.10 Å². The summed E-state index contributed by atoms with van der Waals surface area (Å²) in [5, 5.41) is 11.4. The van der Waals surface area contributed by atoms with Crippen LogP contribution in [0.25, 0.3) is 10.9 Å². The highest BCUT2D eigenvalue weighted by Gasteiger charge is 2.31. The second kappa shape index (κ2) is 9.74. The van der Waals surface area contributed by atoms with Gasteiger partial charge in [0, 0.05) is 34.7 Å². The summed E-state index contributed by atoms with van der Waals surface area (Å²) < 4.78 is 11.6. The quantitative estimate of drug-likeness (QED) is 0.441. The molecule has 0 spiro atoms. The van der Waals surface area contributed by atoms with E-state index in [1.807, 2.05) is 37.3 Å². The van der Waals surface area contributed by atoms with Crippen LogP contribution < -0.4 is 14.9 Å². The van der Waals surface area contributed by atoms with Gasteiger partial charge in [0.1, 0.15) is 17.4 Å². The molecule has 2 aromatic carbocycles. The third kappa shape index (κ3) is 4.85. The fourth-order valence-corrected chi connectivity index (χ4v) is 5.01. The van der Waals surface area contributed by atoms with Crippen LogP contribution in [-0.2, 0) is 11.3 Å². The van der Waals surface area contributed by atoms with Gasteiger partial charge >= 0.3 is 4.87 Å². The predicted octanol–water partition coefficient (Wildman–Crippen LogP) is 3.57. The number of para-hydroxylation sites is 1. The third-order valence-corrected chi connectivity index (χ3v) is 6.77. The Morgan fingerprint density at radius 3 is 2.85 bits per heavy atom. The van der Waals surface area contributed by atoms with Crippen molar-refractivity contribution < 1.29 is 14.3 Å². The number of rotatable bonds is 6. The van der Waals surface area contributed by atoms with Gasteiger partial charge in [-0.15, -0.1) is 0 Å². The monoisotopic (exact) mass is 476 g/mol. The molecule has 1 fully saturated rings. The van der Waals surface area contributed by atoms with Crippen LogP contribution in [0.1, 0.15) is 39.0 Å². The molecular formula is C25H24N4O4S. The number of hydrogen-bond acceptors (Lipinski definition) is 7. The molecule has 1 saturated heterocycles. The molecule has 1 amide bonds. The highest BCUT2D eigenvalue weighted by molar-refractivity contribution is 7.08. The maximum absolute atomic E-state index is 12.9. The molecule has 174 valence electrons. The molecule has 0 radical (unpaired) electrons. The minimum absolute atomic E-state index is 0.0529. The number of aromatic amines is 1. The number of aryl methyl sites for hydroxylation is 1. The number of H-pyrrole nitrogens is 1. The van der Waals surface area contributed by atoms with E-state index < -0.39 is 0 Å². The Morgan fingerprint density at radius 2 is 2.06 bits per heavy atom. The zero-order valence-electron chi connectivity index (χ0n) is 18.6. The standard InChI is InChI=1S/C25H24N4O4S/c1-15-12-17(19-4-2-3-5-21(19)26-15)13-33-18-8-6-16(7-9-18)23(30)27-22-14-32-11-10-20(22)24-28-29-25(31)34-24/h2-9,12,20,22H,10-11,13-14H2,1H3,(H,27,30)(H,29,31)/t20-,22+/m1/s1. The SMILES string of the molecule is Cc1cc(COc2ccc(C(=O)N[C@H]3COCC[C@H]3c3n[nH]c(=O)s3)cc2)c2ccccc2n1. The van der Waals surface area contributed by atoms with Crippen molar-refractivity contribution in [2.75, 3.05) is 13.2 Å². The summed E-state index contributed by atoms with van der Waals surface area (Å²) in [6.07, 6.45) is 0.696. The number of ether oxygens (including phenoxy) is 2. The van der Waals surface area contributed by atoms with E-state index in [-0.39, 0.29) is 22.7 Å². The number of benzene rings is 2. The molecule has 4 aromatic rings. The molecule has 0 bridgehead atoms. The maximum atomic E-state index is 12.9. The van der Waals surface area contributed by atoms with Crippen molar-refractivity contribution >= 4 is 28.1 Å². The van der Waals surface area contributed by atoms with Crippen LogP contribution >= 0.6 is 11.3 Å². The minimum atomic E-state index is -0.251. The van der Waals surface area contributed by atoms with Crippen molar-refractivity contribution in [3.05, 3.63) is 86.1 Å². The Hall–Kier alpha value is -3.56. The average molecular weight is 477 g/mol. The maximum Gasteiger partial charge on any atom is 0.322 e. The summed E-state index contributed by atoms with van der Waals surface area (Å²) in [5.41, 5.74) is 3.47. The van der Waals surface area contributed by atoms with Crippen LogP contribution in [0.4, 0.5) is 0 Å². The molecule has 8 nitrogen and oxygen atoms in total. The number of carbonyl (C=O) groups is 1. The van der Waals surface area contributed by atoms with E-state index in [2.05, 4.69) is 20.5 Å². The summed E-state index contributed by atoms with van der Waals surface area (Å²) >= 11 is 1.08. The van der Waals surface area contributed by atoms with Gasteiger partial charge in [-0.3, -0.25) is 14.6 Å². The van der Waals surface area contributed by atoms with Crippen LogP contribution in [0.2, 0.25) is 0 Å². The number of nitrogens with zero attached hydrogens (tertiary/aromatic N) is 2. The lowest BCUT2D eigenvalue weighted by molar-refractivity contribution is 0.0520. The Kier molecular flexibility index (Phi) is 6.37. The average Bonchev–Trinajstić information content (AvgIpc) is 3.29. The molecular weight excluding hydrogens is 452 g/mol. The molecule has 34 heavy (non-hydrogen) atoms. The first kappa shape index (κ1) is 22.2. The number of amides is 1. The number of fused-ring (bicyclic) bond motifs is 1. The molecule has 1 aliphatic heterocycles. The van der Waals surface area contributed by atoms with Gasteiger partial charge < -0.3 is 14.8 Å². The zero-order valence-corrected chi connectivity index (χ0v) is 19.4. The molecule has 5 rings (SSSR count). The van der Waals surface area contributed by atoms with Crippen LogP contribution in [0.3, 0.4) is 0 Å². The number of aromatic nitrogens is 3. The first-order chi connectivity index (χ1) is 16.6. The van der Waals surface area contributed by atoms with Gasteiger partial charge in [0.2, 0.25) is 0 Å². The predicted molar refractivity (Wildman–Crippen MR) is 129 cm³/mol. The van der Waals surface area contributed by atoms with E-state index in [1.54, 1.807) is 24.3 Å². The number of pyridine rings is 1. The first-order valence-corrected chi connectivity index (χ1v) is 11.9. The van der Waals surface area contributed by atoms with Crippen molar-refractivity contribution in [2.45, 2.75) is 31.9 Å². The largest absolute Gasteiger partial charge is 0.489 e. The summed E-state index contributed by atoms with van der Waals surface area (Å²) in [7, 11) is 0. The number of nitrogens with one attached hydrogen (secondary N) is 2. The Bertz CT molecular complexity index is 1370. The fourth-order valence-electron chi connectivity index (χ4n) is 4.21. The number of hydrogen-bond donors (Lipinski definition) is 2.